The minimum atomic E-state index is -1.12. The van der Waals surface area contributed by atoms with Gasteiger partial charge in [0, 0.05) is 5.57 Å². The summed E-state index contributed by atoms with van der Waals surface area (Å²) >= 11 is 0. The summed E-state index contributed by atoms with van der Waals surface area (Å²) in [6, 6.07) is 0. The van der Waals surface area contributed by atoms with Crippen molar-refractivity contribution in [1.29, 1.82) is 0 Å². The van der Waals surface area contributed by atoms with E-state index in [2.05, 4.69) is 13.2 Å². The molecule has 0 spiro atoms. The van der Waals surface area contributed by atoms with Crippen LogP contribution >= 0.6 is 0 Å². The van der Waals surface area contributed by atoms with Gasteiger partial charge >= 0.3 is 5.97 Å². The third-order valence-electron chi connectivity index (χ3n) is 2.93. The van der Waals surface area contributed by atoms with Gasteiger partial charge in [-0.25, -0.2) is 4.79 Å². The summed E-state index contributed by atoms with van der Waals surface area (Å²) in [5.41, 5.74) is 0.639. The molecule has 0 saturated heterocycles. The highest BCUT2D eigenvalue weighted by molar-refractivity contribution is 5.87. The first-order valence-corrected chi connectivity index (χ1v) is 6.97. The lowest BCUT2D eigenvalue weighted by Crippen LogP contribution is -2.30. The summed E-state index contributed by atoms with van der Waals surface area (Å²) < 4.78 is 4.96. The van der Waals surface area contributed by atoms with E-state index in [1.54, 1.807) is 18.7 Å². The van der Waals surface area contributed by atoms with E-state index in [1.165, 1.54) is 0 Å². The third-order valence-corrected chi connectivity index (χ3v) is 2.93. The van der Waals surface area contributed by atoms with Gasteiger partial charge < -0.3 is 14.6 Å². The lowest BCUT2D eigenvalue weighted by Gasteiger charge is -2.19. The lowest BCUT2D eigenvalue weighted by atomic mass is 9.98. The zero-order valence-electron chi connectivity index (χ0n) is 14.1. The first-order valence-electron chi connectivity index (χ1n) is 6.97. The number of nitrogens with zero attached hydrogens (tertiary/aromatic N) is 1. The first kappa shape index (κ1) is 21.7. The van der Waals surface area contributed by atoms with Crippen LogP contribution in [0, 0.1) is 5.92 Å². The van der Waals surface area contributed by atoms with Crippen LogP contribution in [-0.2, 0) is 14.3 Å². The minimum Gasteiger partial charge on any atom is -0.545 e. The maximum absolute atomic E-state index is 10.9. The number of carbonyl (C=O) groups excluding carboxylic acids is 2. The molecule has 0 aromatic carbocycles. The van der Waals surface area contributed by atoms with Gasteiger partial charge in [-0.05, 0) is 45.9 Å². The van der Waals surface area contributed by atoms with E-state index in [0.29, 0.717) is 5.57 Å². The molecule has 0 aromatic heterocycles. The van der Waals surface area contributed by atoms with Gasteiger partial charge in [0.25, 0.3) is 0 Å². The topological polar surface area (TPSA) is 69.7 Å². The molecule has 0 radical (unpaired) electrons. The van der Waals surface area contributed by atoms with Crippen molar-refractivity contribution in [2.75, 3.05) is 14.1 Å². The summed E-state index contributed by atoms with van der Waals surface area (Å²) in [7, 11) is 3.69. The Balaban J connectivity index is 0. The second kappa shape index (κ2) is 11.1. The van der Waals surface area contributed by atoms with Crippen molar-refractivity contribution in [2.24, 2.45) is 5.92 Å². The molecule has 122 valence electrons. The predicted molar refractivity (Wildman–Crippen MR) is 82.3 cm³/mol. The van der Waals surface area contributed by atoms with Crippen molar-refractivity contribution in [2.45, 2.75) is 46.8 Å². The molecule has 2 atom stereocenters. The maximum atomic E-state index is 10.9. The van der Waals surface area contributed by atoms with Crippen LogP contribution in [0.25, 0.3) is 0 Å². The van der Waals surface area contributed by atoms with Gasteiger partial charge in [0.05, 0.1) is 5.97 Å². The molecule has 0 amide bonds. The Morgan fingerprint density at radius 2 is 1.71 bits per heavy atom. The molecule has 0 aromatic rings. The first-order chi connectivity index (χ1) is 9.54. The Bertz CT molecular complexity index is 374. The van der Waals surface area contributed by atoms with Crippen molar-refractivity contribution < 1.29 is 19.4 Å². The Kier molecular flexibility index (Phi) is 11.4. The molecular formula is C16H28NO4-. The third kappa shape index (κ3) is 10.8. The Morgan fingerprint density at radius 3 is 2.00 bits per heavy atom. The van der Waals surface area contributed by atoms with Crippen LogP contribution in [0.15, 0.2) is 24.3 Å². The number of carbonyl (C=O) groups is 2. The molecule has 0 aliphatic carbocycles. The van der Waals surface area contributed by atoms with Crippen LogP contribution in [0.1, 0.15) is 40.5 Å². The molecule has 0 N–H and O–H groups in total. The number of hydrogen-bond donors (Lipinski definition) is 0. The molecule has 2 unspecified atom stereocenters. The van der Waals surface area contributed by atoms with Gasteiger partial charge in [-0.1, -0.05) is 33.4 Å². The van der Waals surface area contributed by atoms with Gasteiger partial charge in [0.1, 0.15) is 0 Å². The van der Waals surface area contributed by atoms with Crippen molar-refractivity contribution in [3.8, 4) is 0 Å². The van der Waals surface area contributed by atoms with E-state index in [4.69, 9.17) is 4.74 Å². The molecule has 0 saturated carbocycles. The van der Waals surface area contributed by atoms with Gasteiger partial charge in [0.15, 0.2) is 6.23 Å². The van der Waals surface area contributed by atoms with Crippen LogP contribution in [0.3, 0.4) is 0 Å². The molecule has 0 aliphatic rings. The van der Waals surface area contributed by atoms with E-state index >= 15 is 0 Å². The Morgan fingerprint density at radius 1 is 1.24 bits per heavy atom. The van der Waals surface area contributed by atoms with Gasteiger partial charge in [-0.3, -0.25) is 4.90 Å². The van der Waals surface area contributed by atoms with Crippen molar-refractivity contribution in [3.05, 3.63) is 24.3 Å². The SMILES string of the molecule is C=C(C(=O)[O-])C(C)CCC.C=C(C)C(=O)OC(C)N(C)C. The second-order valence-electron chi connectivity index (χ2n) is 5.25. The molecule has 0 rings (SSSR count). The zero-order chi connectivity index (χ0) is 17.2. The average Bonchev–Trinajstić information content (AvgIpc) is 2.38. The van der Waals surface area contributed by atoms with E-state index in [9.17, 15) is 14.7 Å². The summed E-state index contributed by atoms with van der Waals surface area (Å²) in [4.78, 5) is 22.9. The normalized spacial score (nSPS) is 12.7. The predicted octanol–water partition coefficient (Wildman–Crippen LogP) is 1.74. The average molecular weight is 298 g/mol. The second-order valence-corrected chi connectivity index (χ2v) is 5.25. The van der Waals surface area contributed by atoms with E-state index < -0.39 is 5.97 Å². The monoisotopic (exact) mass is 298 g/mol. The molecule has 0 fully saturated rings. The quantitative estimate of drug-likeness (QED) is 0.407. The lowest BCUT2D eigenvalue weighted by molar-refractivity contribution is -0.299. The highest BCUT2D eigenvalue weighted by Gasteiger charge is 2.10. The molecule has 5 heteroatoms. The summed E-state index contributed by atoms with van der Waals surface area (Å²) in [6.07, 6.45) is 1.65. The van der Waals surface area contributed by atoms with E-state index in [1.807, 2.05) is 27.9 Å². The number of ether oxygens (including phenoxy) is 1. The molecule has 21 heavy (non-hydrogen) atoms. The Hall–Kier alpha value is -1.62. The smallest absolute Gasteiger partial charge is 0.334 e. The van der Waals surface area contributed by atoms with E-state index in [0.717, 1.165) is 12.8 Å². The molecule has 5 nitrogen and oxygen atoms in total. The summed E-state index contributed by atoms with van der Waals surface area (Å²) in [5.74, 6) is -1.41. The number of hydrogen-bond acceptors (Lipinski definition) is 5. The summed E-state index contributed by atoms with van der Waals surface area (Å²) in [5, 5.41) is 10.2. The van der Waals surface area contributed by atoms with Gasteiger partial charge in [-0.2, -0.15) is 0 Å². The molecule has 0 aliphatic heterocycles. The number of carboxylic acid groups (broad SMARTS) is 1. The van der Waals surface area contributed by atoms with Crippen LogP contribution in [-0.4, -0.2) is 37.2 Å². The molecule has 0 bridgehead atoms. The van der Waals surface area contributed by atoms with Gasteiger partial charge in [0.2, 0.25) is 0 Å². The number of aliphatic carboxylic acids is 1. The molecular weight excluding hydrogens is 270 g/mol. The van der Waals surface area contributed by atoms with Crippen molar-refractivity contribution >= 4 is 11.9 Å². The standard InChI is InChI=1S/C8H15NO2.C8H14O2/c1-6(2)8(10)11-7(3)9(4)5;1-4-5-6(2)7(3)8(9)10/h7H,1H2,2-5H3;6H,3-5H2,1-2H3,(H,9,10)/p-1. The Labute approximate surface area is 128 Å². The van der Waals surface area contributed by atoms with E-state index in [-0.39, 0.29) is 23.7 Å². The van der Waals surface area contributed by atoms with Crippen molar-refractivity contribution in [1.82, 2.24) is 4.90 Å². The number of carboxylic acids is 1. The number of esters is 1. The zero-order valence-corrected chi connectivity index (χ0v) is 14.1. The van der Waals surface area contributed by atoms with Crippen molar-refractivity contribution in [3.63, 3.8) is 0 Å². The van der Waals surface area contributed by atoms with Crippen LogP contribution in [0.5, 0.6) is 0 Å². The van der Waals surface area contributed by atoms with Crippen LogP contribution < -0.4 is 5.11 Å². The molecule has 0 heterocycles. The largest absolute Gasteiger partial charge is 0.545 e. The summed E-state index contributed by atoms with van der Waals surface area (Å²) in [6.45, 7) is 14.2. The highest BCUT2D eigenvalue weighted by atomic mass is 16.6. The van der Waals surface area contributed by atoms with Crippen LogP contribution in [0.4, 0.5) is 0 Å². The van der Waals surface area contributed by atoms with Crippen LogP contribution in [0.2, 0.25) is 0 Å². The minimum absolute atomic E-state index is 0.0509. The highest BCUT2D eigenvalue weighted by Crippen LogP contribution is 2.13. The fraction of sp³-hybridized carbons (Fsp3) is 0.625. The number of rotatable bonds is 7. The maximum Gasteiger partial charge on any atom is 0.334 e. The fourth-order valence-electron chi connectivity index (χ4n) is 1.17. The van der Waals surface area contributed by atoms with Gasteiger partial charge in [-0.15, -0.1) is 0 Å². The fourth-order valence-corrected chi connectivity index (χ4v) is 1.17.